The highest BCUT2D eigenvalue weighted by atomic mass is 32.1. The fourth-order valence-electron chi connectivity index (χ4n) is 2.59. The van der Waals surface area contributed by atoms with Crippen molar-refractivity contribution < 1.29 is 14.3 Å². The van der Waals surface area contributed by atoms with Crippen molar-refractivity contribution in [3.63, 3.8) is 0 Å². The third-order valence-corrected chi connectivity index (χ3v) is 4.91. The van der Waals surface area contributed by atoms with Gasteiger partial charge in [-0.1, -0.05) is 6.42 Å². The molecule has 1 aliphatic rings. The van der Waals surface area contributed by atoms with E-state index in [2.05, 4.69) is 0 Å². The van der Waals surface area contributed by atoms with Gasteiger partial charge in [0.1, 0.15) is 11.1 Å². The van der Waals surface area contributed by atoms with Crippen LogP contribution in [-0.2, 0) is 4.74 Å². The molecule has 5 nitrogen and oxygen atoms in total. The number of hydrogen-bond acceptors (Lipinski definition) is 5. The van der Waals surface area contributed by atoms with Crippen LogP contribution in [-0.4, -0.2) is 37.0 Å². The maximum Gasteiger partial charge on any atom is 0.341 e. The van der Waals surface area contributed by atoms with E-state index in [0.29, 0.717) is 21.0 Å². The predicted molar refractivity (Wildman–Crippen MR) is 83.8 cm³/mol. The van der Waals surface area contributed by atoms with Gasteiger partial charge in [0.05, 0.1) is 10.4 Å². The second-order valence-corrected chi connectivity index (χ2v) is 6.71. The molecule has 0 unspecified atom stereocenters. The highest BCUT2D eigenvalue weighted by molar-refractivity contribution is 7.18. The molecule has 0 aromatic carbocycles. The van der Waals surface area contributed by atoms with Crippen molar-refractivity contribution in [2.24, 2.45) is 0 Å². The van der Waals surface area contributed by atoms with Crippen LogP contribution in [0.2, 0.25) is 0 Å². The Labute approximate surface area is 129 Å². The summed E-state index contributed by atoms with van der Waals surface area (Å²) in [6.07, 6.45) is 5.21. The summed E-state index contributed by atoms with van der Waals surface area (Å²) in [6.45, 7) is 1.75. The van der Waals surface area contributed by atoms with Gasteiger partial charge in [-0.2, -0.15) is 0 Å². The van der Waals surface area contributed by atoms with E-state index in [0.717, 1.165) is 37.0 Å². The number of esters is 1. The number of thiophene rings is 1. The lowest BCUT2D eigenvalue weighted by Gasteiger charge is -2.21. The molecule has 1 heterocycles. The van der Waals surface area contributed by atoms with E-state index < -0.39 is 5.97 Å². The predicted octanol–water partition coefficient (Wildman–Crippen LogP) is 2.83. The topological polar surface area (TPSA) is 72.6 Å². The van der Waals surface area contributed by atoms with E-state index in [-0.39, 0.29) is 12.0 Å². The van der Waals surface area contributed by atoms with E-state index in [1.807, 2.05) is 0 Å². The lowest BCUT2D eigenvalue weighted by molar-refractivity contribution is 0.0212. The number of ether oxygens (including phenoxy) is 1. The summed E-state index contributed by atoms with van der Waals surface area (Å²) >= 11 is 1.15. The molecule has 1 aromatic rings. The molecule has 21 heavy (non-hydrogen) atoms. The summed E-state index contributed by atoms with van der Waals surface area (Å²) in [5.41, 5.74) is 6.91. The number of carbonyl (C=O) groups excluding carboxylic acids is 2. The fourth-order valence-corrected chi connectivity index (χ4v) is 3.67. The van der Waals surface area contributed by atoms with Crippen molar-refractivity contribution >= 4 is 28.2 Å². The average Bonchev–Trinajstić information content (AvgIpc) is 2.74. The first-order chi connectivity index (χ1) is 9.91. The average molecular weight is 310 g/mol. The van der Waals surface area contributed by atoms with Crippen LogP contribution in [0.1, 0.15) is 57.7 Å². The normalized spacial score (nSPS) is 15.8. The maximum absolute atomic E-state index is 12.3. The van der Waals surface area contributed by atoms with Crippen molar-refractivity contribution in [3.8, 4) is 0 Å². The number of amides is 1. The van der Waals surface area contributed by atoms with Crippen LogP contribution in [0.3, 0.4) is 0 Å². The molecule has 1 saturated carbocycles. The second-order valence-electron chi connectivity index (χ2n) is 5.66. The van der Waals surface area contributed by atoms with Crippen molar-refractivity contribution in [2.75, 3.05) is 19.8 Å². The number of nitrogens with zero attached hydrogens (tertiary/aromatic N) is 1. The molecule has 1 amide bonds. The molecule has 0 radical (unpaired) electrons. The molecule has 6 heteroatoms. The standard InChI is InChI=1S/C15H22N2O3S/c1-9-11(13(16)21-12(9)14(18)17(2)3)15(19)20-10-7-5-4-6-8-10/h10H,4-8,16H2,1-3H3. The molecule has 0 spiro atoms. The summed E-state index contributed by atoms with van der Waals surface area (Å²) in [6, 6.07) is 0. The second kappa shape index (κ2) is 6.47. The lowest BCUT2D eigenvalue weighted by atomic mass is 9.98. The number of nitrogens with two attached hydrogens (primary N) is 1. The Balaban J connectivity index is 2.19. The fraction of sp³-hybridized carbons (Fsp3) is 0.600. The highest BCUT2D eigenvalue weighted by Gasteiger charge is 2.27. The molecule has 2 rings (SSSR count). The lowest BCUT2D eigenvalue weighted by Crippen LogP contribution is -2.23. The highest BCUT2D eigenvalue weighted by Crippen LogP contribution is 2.32. The van der Waals surface area contributed by atoms with Gasteiger partial charge in [0.2, 0.25) is 0 Å². The number of anilines is 1. The minimum atomic E-state index is -0.397. The van der Waals surface area contributed by atoms with Gasteiger partial charge in [-0.05, 0) is 38.2 Å². The van der Waals surface area contributed by atoms with Crippen molar-refractivity contribution in [2.45, 2.75) is 45.1 Å². The molecule has 0 aliphatic heterocycles. The molecule has 1 aliphatic carbocycles. The first-order valence-corrected chi connectivity index (χ1v) is 8.05. The van der Waals surface area contributed by atoms with Crippen molar-refractivity contribution in [3.05, 3.63) is 16.0 Å². The van der Waals surface area contributed by atoms with Crippen LogP contribution in [0.5, 0.6) is 0 Å². The Kier molecular flexibility index (Phi) is 4.88. The zero-order chi connectivity index (χ0) is 15.6. The van der Waals surface area contributed by atoms with Gasteiger partial charge in [0.25, 0.3) is 5.91 Å². The SMILES string of the molecule is Cc1c(C(=O)N(C)C)sc(N)c1C(=O)OC1CCCCC1. The Hall–Kier alpha value is -1.56. The largest absolute Gasteiger partial charge is 0.459 e. The monoisotopic (exact) mass is 310 g/mol. The first-order valence-electron chi connectivity index (χ1n) is 7.23. The molecule has 0 atom stereocenters. The van der Waals surface area contributed by atoms with Crippen molar-refractivity contribution in [1.29, 1.82) is 0 Å². The number of rotatable bonds is 3. The van der Waals surface area contributed by atoms with E-state index >= 15 is 0 Å². The zero-order valence-corrected chi connectivity index (χ0v) is 13.6. The third kappa shape index (κ3) is 3.37. The number of carbonyl (C=O) groups is 2. The Morgan fingerprint density at radius 2 is 1.86 bits per heavy atom. The van der Waals surface area contributed by atoms with Gasteiger partial charge in [-0.3, -0.25) is 4.79 Å². The molecule has 1 fully saturated rings. The molecular weight excluding hydrogens is 288 g/mol. The van der Waals surface area contributed by atoms with Crippen LogP contribution in [0, 0.1) is 6.92 Å². The molecule has 1 aromatic heterocycles. The van der Waals surface area contributed by atoms with Crippen LogP contribution in [0.25, 0.3) is 0 Å². The van der Waals surface area contributed by atoms with Gasteiger partial charge in [0, 0.05) is 14.1 Å². The van der Waals surface area contributed by atoms with Crippen molar-refractivity contribution in [1.82, 2.24) is 4.90 Å². The maximum atomic E-state index is 12.3. The summed E-state index contributed by atoms with van der Waals surface area (Å²) in [4.78, 5) is 26.4. The first kappa shape index (κ1) is 15.8. The minimum Gasteiger partial charge on any atom is -0.459 e. The van der Waals surface area contributed by atoms with Gasteiger partial charge >= 0.3 is 5.97 Å². The van der Waals surface area contributed by atoms with Crippen LogP contribution >= 0.6 is 11.3 Å². The molecule has 2 N–H and O–H groups in total. The van der Waals surface area contributed by atoms with Gasteiger partial charge < -0.3 is 15.4 Å². The Morgan fingerprint density at radius 1 is 1.24 bits per heavy atom. The summed E-state index contributed by atoms with van der Waals surface area (Å²) in [5, 5.41) is 0.360. The van der Waals surface area contributed by atoms with Crippen LogP contribution in [0.15, 0.2) is 0 Å². The number of hydrogen-bond donors (Lipinski definition) is 1. The quantitative estimate of drug-likeness (QED) is 0.871. The summed E-state index contributed by atoms with van der Waals surface area (Å²) < 4.78 is 5.56. The Morgan fingerprint density at radius 3 is 2.43 bits per heavy atom. The smallest absolute Gasteiger partial charge is 0.341 e. The van der Waals surface area contributed by atoms with E-state index in [1.165, 1.54) is 11.3 Å². The number of nitrogen functional groups attached to an aromatic ring is 1. The van der Waals surface area contributed by atoms with Gasteiger partial charge in [-0.15, -0.1) is 11.3 Å². The van der Waals surface area contributed by atoms with Crippen LogP contribution in [0.4, 0.5) is 5.00 Å². The van der Waals surface area contributed by atoms with E-state index in [1.54, 1.807) is 21.0 Å². The minimum absolute atomic E-state index is 0.0158. The van der Waals surface area contributed by atoms with E-state index in [4.69, 9.17) is 10.5 Å². The van der Waals surface area contributed by atoms with Gasteiger partial charge in [-0.25, -0.2) is 4.79 Å². The van der Waals surface area contributed by atoms with Crippen LogP contribution < -0.4 is 5.73 Å². The molecular formula is C15H22N2O3S. The van der Waals surface area contributed by atoms with E-state index in [9.17, 15) is 9.59 Å². The summed E-state index contributed by atoms with van der Waals surface area (Å²) in [7, 11) is 3.36. The molecule has 116 valence electrons. The Bertz CT molecular complexity index is 545. The third-order valence-electron chi connectivity index (χ3n) is 3.80. The molecule has 0 saturated heterocycles. The zero-order valence-electron chi connectivity index (χ0n) is 12.8. The summed E-state index contributed by atoms with van der Waals surface area (Å²) in [5.74, 6) is -0.535. The van der Waals surface area contributed by atoms with Gasteiger partial charge in [0.15, 0.2) is 0 Å². The molecule has 0 bridgehead atoms.